The summed E-state index contributed by atoms with van der Waals surface area (Å²) in [5, 5.41) is 2.73. The van der Waals surface area contributed by atoms with E-state index in [1.807, 2.05) is 50.2 Å². The second-order valence-electron chi connectivity index (χ2n) is 5.39. The van der Waals surface area contributed by atoms with E-state index in [1.54, 1.807) is 12.1 Å². The van der Waals surface area contributed by atoms with Crippen LogP contribution < -0.4 is 5.32 Å². The molecule has 0 aromatic heterocycles. The standard InChI is InChI=1S/C19H21NO3/c1-3-15-8-10-17(11-9-15)19(22)23-13-18(21)20-12-16-6-4-14(2)5-7-16/h4-11H,3,12-13H2,1-2H3,(H,20,21). The molecule has 0 bridgehead atoms. The summed E-state index contributed by atoms with van der Waals surface area (Å²) in [6, 6.07) is 15.1. The van der Waals surface area contributed by atoms with Gasteiger partial charge in [0.2, 0.25) is 0 Å². The van der Waals surface area contributed by atoms with Crippen molar-refractivity contribution in [3.63, 3.8) is 0 Å². The van der Waals surface area contributed by atoms with Crippen molar-refractivity contribution < 1.29 is 14.3 Å². The number of benzene rings is 2. The Morgan fingerprint density at radius 2 is 1.57 bits per heavy atom. The molecule has 4 nitrogen and oxygen atoms in total. The first-order chi connectivity index (χ1) is 11.1. The third-order valence-corrected chi connectivity index (χ3v) is 3.54. The number of carbonyl (C=O) groups excluding carboxylic acids is 2. The third-order valence-electron chi connectivity index (χ3n) is 3.54. The number of amides is 1. The first-order valence-electron chi connectivity index (χ1n) is 7.67. The van der Waals surface area contributed by atoms with Crippen molar-refractivity contribution in [3.8, 4) is 0 Å². The number of ether oxygens (including phenoxy) is 1. The SMILES string of the molecule is CCc1ccc(C(=O)OCC(=O)NCc2ccc(C)cc2)cc1. The molecular weight excluding hydrogens is 290 g/mol. The summed E-state index contributed by atoms with van der Waals surface area (Å²) in [5.74, 6) is -0.803. The average Bonchev–Trinajstić information content (AvgIpc) is 2.59. The van der Waals surface area contributed by atoms with Crippen LogP contribution in [0, 0.1) is 6.92 Å². The van der Waals surface area contributed by atoms with Crippen molar-refractivity contribution in [2.24, 2.45) is 0 Å². The molecule has 0 saturated carbocycles. The molecule has 2 rings (SSSR count). The Balaban J connectivity index is 1.76. The molecule has 4 heteroatoms. The van der Waals surface area contributed by atoms with Gasteiger partial charge in [-0.25, -0.2) is 4.79 Å². The minimum absolute atomic E-state index is 0.278. The highest BCUT2D eigenvalue weighted by Gasteiger charge is 2.09. The molecule has 0 aliphatic heterocycles. The van der Waals surface area contributed by atoms with Gasteiger partial charge in [-0.3, -0.25) is 4.79 Å². The molecule has 0 unspecified atom stereocenters. The Kier molecular flexibility index (Phi) is 5.92. The molecule has 0 spiro atoms. The molecule has 1 N–H and O–H groups in total. The zero-order valence-corrected chi connectivity index (χ0v) is 13.5. The van der Waals surface area contributed by atoms with Gasteiger partial charge in [0.05, 0.1) is 5.56 Å². The van der Waals surface area contributed by atoms with Crippen LogP contribution in [0.15, 0.2) is 48.5 Å². The summed E-state index contributed by atoms with van der Waals surface area (Å²) in [5.41, 5.74) is 3.78. The molecule has 0 fully saturated rings. The summed E-state index contributed by atoms with van der Waals surface area (Å²) >= 11 is 0. The topological polar surface area (TPSA) is 55.4 Å². The fourth-order valence-corrected chi connectivity index (χ4v) is 2.05. The summed E-state index contributed by atoms with van der Waals surface area (Å²) in [6.45, 7) is 4.20. The van der Waals surface area contributed by atoms with Crippen LogP contribution in [0.2, 0.25) is 0 Å². The van der Waals surface area contributed by atoms with Crippen molar-refractivity contribution in [1.82, 2.24) is 5.32 Å². The molecule has 23 heavy (non-hydrogen) atoms. The normalized spacial score (nSPS) is 10.2. The zero-order chi connectivity index (χ0) is 16.7. The molecule has 0 heterocycles. The molecule has 0 aliphatic carbocycles. The van der Waals surface area contributed by atoms with Gasteiger partial charge in [0, 0.05) is 6.54 Å². The Labute approximate surface area is 136 Å². The largest absolute Gasteiger partial charge is 0.452 e. The quantitative estimate of drug-likeness (QED) is 0.834. The first-order valence-corrected chi connectivity index (χ1v) is 7.67. The van der Waals surface area contributed by atoms with Gasteiger partial charge in [-0.15, -0.1) is 0 Å². The highest BCUT2D eigenvalue weighted by atomic mass is 16.5. The summed E-state index contributed by atoms with van der Waals surface area (Å²) in [7, 11) is 0. The molecule has 120 valence electrons. The molecule has 0 radical (unpaired) electrons. The van der Waals surface area contributed by atoms with Crippen molar-refractivity contribution in [3.05, 3.63) is 70.8 Å². The second kappa shape index (κ2) is 8.13. The number of aryl methyl sites for hydroxylation is 2. The lowest BCUT2D eigenvalue weighted by Gasteiger charge is -2.07. The van der Waals surface area contributed by atoms with Gasteiger partial charge >= 0.3 is 5.97 Å². The zero-order valence-electron chi connectivity index (χ0n) is 13.5. The van der Waals surface area contributed by atoms with Crippen LogP contribution >= 0.6 is 0 Å². The third kappa shape index (κ3) is 5.25. The van der Waals surface area contributed by atoms with E-state index in [0.717, 1.165) is 17.5 Å². The fraction of sp³-hybridized carbons (Fsp3) is 0.263. The summed E-state index contributed by atoms with van der Waals surface area (Å²) in [6.07, 6.45) is 0.913. The molecular formula is C19H21NO3. The van der Waals surface area contributed by atoms with Crippen LogP contribution in [0.4, 0.5) is 0 Å². The van der Waals surface area contributed by atoms with Crippen LogP contribution in [0.25, 0.3) is 0 Å². The monoisotopic (exact) mass is 311 g/mol. The maximum Gasteiger partial charge on any atom is 0.338 e. The summed E-state index contributed by atoms with van der Waals surface area (Å²) < 4.78 is 5.02. The Bertz CT molecular complexity index is 660. The molecule has 1 amide bonds. The lowest BCUT2D eigenvalue weighted by atomic mass is 10.1. The Morgan fingerprint density at radius 1 is 0.957 bits per heavy atom. The van der Waals surface area contributed by atoms with Crippen molar-refractivity contribution in [1.29, 1.82) is 0 Å². The van der Waals surface area contributed by atoms with E-state index in [4.69, 9.17) is 4.74 Å². The predicted molar refractivity (Wildman–Crippen MR) is 89.1 cm³/mol. The number of carbonyl (C=O) groups is 2. The number of nitrogens with one attached hydrogen (secondary N) is 1. The van der Waals surface area contributed by atoms with E-state index in [2.05, 4.69) is 5.32 Å². The minimum Gasteiger partial charge on any atom is -0.452 e. The van der Waals surface area contributed by atoms with Crippen LogP contribution in [0.3, 0.4) is 0 Å². The highest BCUT2D eigenvalue weighted by molar-refractivity contribution is 5.91. The second-order valence-corrected chi connectivity index (χ2v) is 5.39. The van der Waals surface area contributed by atoms with Gasteiger partial charge in [-0.2, -0.15) is 0 Å². The number of hydrogen-bond acceptors (Lipinski definition) is 3. The number of esters is 1. The van der Waals surface area contributed by atoms with Crippen LogP contribution in [0.5, 0.6) is 0 Å². The van der Waals surface area contributed by atoms with Gasteiger partial charge < -0.3 is 10.1 Å². The maximum atomic E-state index is 11.9. The Hall–Kier alpha value is -2.62. The highest BCUT2D eigenvalue weighted by Crippen LogP contribution is 2.06. The fourth-order valence-electron chi connectivity index (χ4n) is 2.05. The van der Waals surface area contributed by atoms with E-state index >= 15 is 0 Å². The molecule has 0 aliphatic rings. The lowest BCUT2D eigenvalue weighted by Crippen LogP contribution is -2.28. The van der Waals surface area contributed by atoms with Crippen LogP contribution in [-0.4, -0.2) is 18.5 Å². The van der Waals surface area contributed by atoms with E-state index in [0.29, 0.717) is 12.1 Å². The number of hydrogen-bond donors (Lipinski definition) is 1. The van der Waals surface area contributed by atoms with Gasteiger partial charge in [-0.1, -0.05) is 48.9 Å². The van der Waals surface area contributed by atoms with Gasteiger partial charge in [0.25, 0.3) is 5.91 Å². The van der Waals surface area contributed by atoms with E-state index in [-0.39, 0.29) is 12.5 Å². The van der Waals surface area contributed by atoms with Gasteiger partial charge in [-0.05, 0) is 36.6 Å². The predicted octanol–water partition coefficient (Wildman–Crippen LogP) is 3.03. The van der Waals surface area contributed by atoms with Gasteiger partial charge in [0.1, 0.15) is 0 Å². The van der Waals surface area contributed by atoms with Crippen molar-refractivity contribution in [2.75, 3.05) is 6.61 Å². The molecule has 2 aromatic carbocycles. The smallest absolute Gasteiger partial charge is 0.338 e. The molecule has 0 atom stereocenters. The first kappa shape index (κ1) is 16.7. The Morgan fingerprint density at radius 3 is 2.17 bits per heavy atom. The average molecular weight is 311 g/mol. The van der Waals surface area contributed by atoms with E-state index < -0.39 is 5.97 Å². The summed E-state index contributed by atoms with van der Waals surface area (Å²) in [4.78, 5) is 23.6. The van der Waals surface area contributed by atoms with Crippen LogP contribution in [-0.2, 0) is 22.5 Å². The van der Waals surface area contributed by atoms with Crippen LogP contribution in [0.1, 0.15) is 34.0 Å². The molecule has 0 saturated heterocycles. The van der Waals surface area contributed by atoms with E-state index in [9.17, 15) is 9.59 Å². The van der Waals surface area contributed by atoms with Crippen molar-refractivity contribution in [2.45, 2.75) is 26.8 Å². The van der Waals surface area contributed by atoms with Gasteiger partial charge in [0.15, 0.2) is 6.61 Å². The van der Waals surface area contributed by atoms with Crippen molar-refractivity contribution >= 4 is 11.9 Å². The lowest BCUT2D eigenvalue weighted by molar-refractivity contribution is -0.124. The number of rotatable bonds is 6. The molecule has 2 aromatic rings. The van der Waals surface area contributed by atoms with E-state index in [1.165, 1.54) is 5.56 Å². The maximum absolute atomic E-state index is 11.9. The minimum atomic E-state index is -0.488.